The van der Waals surface area contributed by atoms with Gasteiger partial charge in [-0.1, -0.05) is 107 Å². The first kappa shape index (κ1) is 22.9. The number of hydrogen-bond donors (Lipinski definition) is 0. The van der Waals surface area contributed by atoms with Gasteiger partial charge in [0.25, 0.3) is 0 Å². The predicted molar refractivity (Wildman–Crippen MR) is 135 cm³/mol. The third-order valence-electron chi connectivity index (χ3n) is 5.41. The second kappa shape index (κ2) is 10.1. The monoisotopic (exact) mass is 498 g/mol. The molecule has 0 radical (unpaired) electrons. The molecule has 4 rings (SSSR count). The largest absolute Gasteiger partial charge is 0.298 e. The Morgan fingerprint density at radius 3 is 1.19 bits per heavy atom. The number of ketones is 1. The van der Waals surface area contributed by atoms with E-state index >= 15 is 0 Å². The molecule has 0 aliphatic heterocycles. The van der Waals surface area contributed by atoms with Crippen molar-refractivity contribution in [3.8, 4) is 0 Å². The number of hydrogen-bond acceptors (Lipinski definition) is 1. The molecular formula is C27H18Cl4O. The summed E-state index contributed by atoms with van der Waals surface area (Å²) in [6.45, 7) is 0. The maximum atomic E-state index is 14.3. The maximum absolute atomic E-state index is 14.3. The van der Waals surface area contributed by atoms with Crippen molar-refractivity contribution in [3.05, 3.63) is 139 Å². The lowest BCUT2D eigenvalue weighted by Gasteiger charge is -2.25. The van der Waals surface area contributed by atoms with E-state index < -0.39 is 11.8 Å². The zero-order valence-corrected chi connectivity index (χ0v) is 19.8. The van der Waals surface area contributed by atoms with Gasteiger partial charge in [-0.05, 0) is 58.7 Å². The summed E-state index contributed by atoms with van der Waals surface area (Å²) in [5.74, 6) is -1.27. The first-order chi connectivity index (χ1) is 15.5. The summed E-state index contributed by atoms with van der Waals surface area (Å²) >= 11 is 25.4. The van der Waals surface area contributed by atoms with Gasteiger partial charge in [-0.2, -0.15) is 0 Å². The topological polar surface area (TPSA) is 17.1 Å². The van der Waals surface area contributed by atoms with Gasteiger partial charge >= 0.3 is 0 Å². The standard InChI is InChI=1S/C27H18Cl4O/c28-19-13-9-17(10-14-19)25(21-5-1-3-7-23(21)30)27(32)26(18-11-15-20(29)16-12-18)22-6-2-4-8-24(22)31/h1-16,25-26H. The molecule has 0 amide bonds. The van der Waals surface area contributed by atoms with E-state index in [1.807, 2.05) is 60.7 Å². The lowest BCUT2D eigenvalue weighted by atomic mass is 9.77. The van der Waals surface area contributed by atoms with E-state index in [0.717, 1.165) is 22.3 Å². The number of carbonyl (C=O) groups excluding carboxylic acids is 1. The van der Waals surface area contributed by atoms with Gasteiger partial charge in [0.1, 0.15) is 0 Å². The van der Waals surface area contributed by atoms with E-state index in [0.29, 0.717) is 20.1 Å². The molecule has 4 aromatic carbocycles. The second-order valence-electron chi connectivity index (χ2n) is 7.41. The highest BCUT2D eigenvalue weighted by Gasteiger charge is 2.34. The first-order valence-corrected chi connectivity index (χ1v) is 11.5. The number of Topliss-reactive ketones (excluding diaryl/α,β-unsaturated/α-hetero) is 1. The van der Waals surface area contributed by atoms with Crippen molar-refractivity contribution in [2.45, 2.75) is 11.8 Å². The van der Waals surface area contributed by atoms with Gasteiger partial charge in [-0.15, -0.1) is 0 Å². The number of benzene rings is 4. The van der Waals surface area contributed by atoms with E-state index in [1.54, 1.807) is 36.4 Å². The normalized spacial score (nSPS) is 12.9. The third kappa shape index (κ3) is 4.87. The average Bonchev–Trinajstić information content (AvgIpc) is 2.79. The predicted octanol–water partition coefficient (Wildman–Crippen LogP) is 8.83. The highest BCUT2D eigenvalue weighted by molar-refractivity contribution is 6.33. The van der Waals surface area contributed by atoms with E-state index in [4.69, 9.17) is 46.4 Å². The fourth-order valence-corrected chi connectivity index (χ4v) is 4.63. The second-order valence-corrected chi connectivity index (χ2v) is 9.10. The van der Waals surface area contributed by atoms with Crippen molar-refractivity contribution in [2.24, 2.45) is 0 Å². The Morgan fingerprint density at radius 1 is 0.500 bits per heavy atom. The number of carbonyl (C=O) groups is 1. The van der Waals surface area contributed by atoms with Crippen LogP contribution in [0.2, 0.25) is 20.1 Å². The van der Waals surface area contributed by atoms with Crippen LogP contribution in [0.5, 0.6) is 0 Å². The van der Waals surface area contributed by atoms with Crippen LogP contribution in [-0.4, -0.2) is 5.78 Å². The third-order valence-corrected chi connectivity index (χ3v) is 6.60. The Kier molecular flexibility index (Phi) is 7.23. The van der Waals surface area contributed by atoms with E-state index in [9.17, 15) is 4.79 Å². The molecule has 0 aliphatic carbocycles. The van der Waals surface area contributed by atoms with Crippen molar-refractivity contribution >= 4 is 52.2 Å². The van der Waals surface area contributed by atoms with Crippen LogP contribution < -0.4 is 0 Å². The highest BCUT2D eigenvalue weighted by Crippen LogP contribution is 2.40. The summed E-state index contributed by atoms with van der Waals surface area (Å²) in [5, 5.41) is 2.24. The molecule has 0 aliphatic rings. The summed E-state index contributed by atoms with van der Waals surface area (Å²) in [6.07, 6.45) is 0. The van der Waals surface area contributed by atoms with Crippen molar-refractivity contribution in [2.75, 3.05) is 0 Å². The fraction of sp³-hybridized carbons (Fsp3) is 0.0741. The van der Waals surface area contributed by atoms with Crippen LogP contribution in [0.25, 0.3) is 0 Å². The Bertz CT molecular complexity index is 1140. The van der Waals surface area contributed by atoms with Crippen LogP contribution in [0, 0.1) is 0 Å². The van der Waals surface area contributed by atoms with E-state index in [1.165, 1.54) is 0 Å². The highest BCUT2D eigenvalue weighted by atomic mass is 35.5. The van der Waals surface area contributed by atoms with Gasteiger partial charge in [0.2, 0.25) is 0 Å². The summed E-state index contributed by atoms with van der Waals surface area (Å²) < 4.78 is 0. The van der Waals surface area contributed by atoms with Crippen molar-refractivity contribution < 1.29 is 4.79 Å². The first-order valence-electron chi connectivity index (χ1n) is 9.99. The van der Waals surface area contributed by atoms with Gasteiger partial charge in [0, 0.05) is 20.1 Å². The van der Waals surface area contributed by atoms with Crippen molar-refractivity contribution in [3.63, 3.8) is 0 Å². The molecule has 2 unspecified atom stereocenters. The molecular weight excluding hydrogens is 482 g/mol. The van der Waals surface area contributed by atoms with Crippen LogP contribution in [0.15, 0.2) is 97.1 Å². The van der Waals surface area contributed by atoms with E-state index in [2.05, 4.69) is 0 Å². The zero-order valence-electron chi connectivity index (χ0n) is 16.8. The molecule has 0 heterocycles. The average molecular weight is 500 g/mol. The lowest BCUT2D eigenvalue weighted by Crippen LogP contribution is -2.23. The zero-order chi connectivity index (χ0) is 22.7. The molecule has 0 bridgehead atoms. The number of halogens is 4. The number of rotatable bonds is 6. The minimum Gasteiger partial charge on any atom is -0.298 e. The van der Waals surface area contributed by atoms with Gasteiger partial charge in [-0.25, -0.2) is 0 Å². The molecule has 0 saturated heterocycles. The van der Waals surface area contributed by atoms with Gasteiger partial charge < -0.3 is 0 Å². The smallest absolute Gasteiger partial charge is 0.156 e. The molecule has 32 heavy (non-hydrogen) atoms. The van der Waals surface area contributed by atoms with Crippen LogP contribution in [0.1, 0.15) is 34.1 Å². The molecule has 2 atom stereocenters. The lowest BCUT2D eigenvalue weighted by molar-refractivity contribution is -0.120. The maximum Gasteiger partial charge on any atom is 0.156 e. The Morgan fingerprint density at radius 2 is 0.844 bits per heavy atom. The van der Waals surface area contributed by atoms with Gasteiger partial charge in [0.15, 0.2) is 5.78 Å². The molecule has 0 fully saturated rings. The van der Waals surface area contributed by atoms with Crippen molar-refractivity contribution in [1.29, 1.82) is 0 Å². The SMILES string of the molecule is O=C(C(c1ccc(Cl)cc1)c1ccccc1Cl)C(c1ccc(Cl)cc1)c1ccccc1Cl. The summed E-state index contributed by atoms with van der Waals surface area (Å²) in [7, 11) is 0. The molecule has 1 nitrogen and oxygen atoms in total. The molecule has 5 heteroatoms. The molecule has 0 saturated carbocycles. The summed E-state index contributed by atoms with van der Waals surface area (Å²) in [6, 6.07) is 29.4. The minimum absolute atomic E-state index is 0.0455. The molecule has 160 valence electrons. The summed E-state index contributed by atoms with van der Waals surface area (Å²) in [5.41, 5.74) is 3.07. The van der Waals surface area contributed by atoms with Crippen LogP contribution >= 0.6 is 46.4 Å². The molecule has 0 N–H and O–H groups in total. The summed E-state index contributed by atoms with van der Waals surface area (Å²) in [4.78, 5) is 14.3. The van der Waals surface area contributed by atoms with Gasteiger partial charge in [-0.3, -0.25) is 4.79 Å². The minimum atomic E-state index is -0.613. The van der Waals surface area contributed by atoms with Crippen LogP contribution in [0.3, 0.4) is 0 Å². The Hall–Kier alpha value is -2.29. The molecule has 4 aromatic rings. The van der Waals surface area contributed by atoms with Crippen LogP contribution in [-0.2, 0) is 4.79 Å². The molecule has 0 aromatic heterocycles. The van der Waals surface area contributed by atoms with Crippen molar-refractivity contribution in [1.82, 2.24) is 0 Å². The quantitative estimate of drug-likeness (QED) is 0.259. The van der Waals surface area contributed by atoms with Crippen LogP contribution in [0.4, 0.5) is 0 Å². The molecule has 0 spiro atoms. The van der Waals surface area contributed by atoms with Gasteiger partial charge in [0.05, 0.1) is 11.8 Å². The Labute approximate surface area is 207 Å². The fourth-order valence-electron chi connectivity index (χ4n) is 3.89. The Balaban J connectivity index is 1.92. The van der Waals surface area contributed by atoms with E-state index in [-0.39, 0.29) is 5.78 Å².